The first-order valence-electron chi connectivity index (χ1n) is 5.18. The molecule has 2 aromatic rings. The molecule has 0 spiro atoms. The van der Waals surface area contributed by atoms with Gasteiger partial charge in [0, 0.05) is 18.3 Å². The van der Waals surface area contributed by atoms with Gasteiger partial charge in [0.1, 0.15) is 11.9 Å². The largest absolute Gasteiger partial charge is 0.384 e. The van der Waals surface area contributed by atoms with Crippen LogP contribution in [0.15, 0.2) is 36.5 Å². The first-order valence-corrected chi connectivity index (χ1v) is 5.18. The molecule has 1 aromatic carbocycles. The van der Waals surface area contributed by atoms with Gasteiger partial charge in [0.15, 0.2) is 5.82 Å². The van der Waals surface area contributed by atoms with E-state index in [0.717, 1.165) is 0 Å². The van der Waals surface area contributed by atoms with Crippen LogP contribution >= 0.6 is 0 Å². The third-order valence-electron chi connectivity index (χ3n) is 2.35. The molecule has 0 bridgehead atoms. The Kier molecular flexibility index (Phi) is 3.41. The normalized spacial score (nSPS) is 12.4. The second-order valence-corrected chi connectivity index (χ2v) is 3.53. The number of benzene rings is 1. The topological polar surface area (TPSA) is 72.0 Å². The fourth-order valence-electron chi connectivity index (χ4n) is 1.46. The molecule has 0 amide bonds. The van der Waals surface area contributed by atoms with Gasteiger partial charge in [-0.15, -0.1) is 0 Å². The minimum absolute atomic E-state index is 0.0285. The van der Waals surface area contributed by atoms with E-state index in [1.807, 2.05) is 0 Å². The van der Waals surface area contributed by atoms with Crippen molar-refractivity contribution in [1.82, 2.24) is 9.97 Å². The molecule has 2 rings (SSSR count). The van der Waals surface area contributed by atoms with Crippen LogP contribution in [-0.2, 0) is 0 Å². The summed E-state index contributed by atoms with van der Waals surface area (Å²) in [6.07, 6.45) is 0.546. The average molecular weight is 233 g/mol. The predicted octanol–water partition coefficient (Wildman–Crippen LogP) is 1.27. The molecule has 1 unspecified atom stereocenters. The molecule has 0 aliphatic carbocycles. The summed E-state index contributed by atoms with van der Waals surface area (Å²) in [5.41, 5.74) is 6.13. The Hall–Kier alpha value is -1.85. The van der Waals surface area contributed by atoms with Gasteiger partial charge >= 0.3 is 0 Å². The van der Waals surface area contributed by atoms with E-state index in [1.54, 1.807) is 24.3 Å². The van der Waals surface area contributed by atoms with Crippen molar-refractivity contribution in [2.24, 2.45) is 5.73 Å². The van der Waals surface area contributed by atoms with Crippen molar-refractivity contribution in [2.45, 2.75) is 6.10 Å². The summed E-state index contributed by atoms with van der Waals surface area (Å²) in [5.74, 6) is -0.160. The molecule has 0 saturated carbocycles. The van der Waals surface area contributed by atoms with Gasteiger partial charge in [-0.25, -0.2) is 14.4 Å². The van der Waals surface area contributed by atoms with Crippen molar-refractivity contribution in [1.29, 1.82) is 0 Å². The standard InChI is InChI=1S/C12H12FN3O/c13-9-4-2-1-3-8(9)10-5-6-15-12(16-10)11(17)7-14/h1-6,11,17H,7,14H2. The van der Waals surface area contributed by atoms with Gasteiger partial charge in [0.2, 0.25) is 0 Å². The zero-order valence-corrected chi connectivity index (χ0v) is 9.05. The highest BCUT2D eigenvalue weighted by molar-refractivity contribution is 5.59. The number of nitrogens with two attached hydrogens (primary N) is 1. The third kappa shape index (κ3) is 2.46. The summed E-state index contributed by atoms with van der Waals surface area (Å²) in [7, 11) is 0. The SMILES string of the molecule is NCC(O)c1nccc(-c2ccccc2F)n1. The van der Waals surface area contributed by atoms with Crippen molar-refractivity contribution in [3.63, 3.8) is 0 Å². The molecule has 88 valence electrons. The highest BCUT2D eigenvalue weighted by Crippen LogP contribution is 2.20. The second kappa shape index (κ2) is 4.99. The first-order chi connectivity index (χ1) is 8.22. The summed E-state index contributed by atoms with van der Waals surface area (Å²) >= 11 is 0. The number of aliphatic hydroxyl groups excluding tert-OH is 1. The Morgan fingerprint density at radius 1 is 1.29 bits per heavy atom. The minimum Gasteiger partial charge on any atom is -0.384 e. The van der Waals surface area contributed by atoms with Gasteiger partial charge in [0.25, 0.3) is 0 Å². The second-order valence-electron chi connectivity index (χ2n) is 3.53. The van der Waals surface area contributed by atoms with Crippen LogP contribution in [-0.4, -0.2) is 21.6 Å². The van der Waals surface area contributed by atoms with Gasteiger partial charge in [-0.05, 0) is 18.2 Å². The van der Waals surface area contributed by atoms with E-state index in [-0.39, 0.29) is 18.2 Å². The molecule has 0 saturated heterocycles. The zero-order valence-electron chi connectivity index (χ0n) is 9.05. The monoisotopic (exact) mass is 233 g/mol. The number of halogens is 1. The van der Waals surface area contributed by atoms with Gasteiger partial charge in [-0.1, -0.05) is 12.1 Å². The molecular weight excluding hydrogens is 221 g/mol. The molecular formula is C12H12FN3O. The zero-order chi connectivity index (χ0) is 12.3. The molecule has 1 atom stereocenters. The minimum atomic E-state index is -0.929. The van der Waals surface area contributed by atoms with Crippen LogP contribution in [0.2, 0.25) is 0 Å². The van der Waals surface area contributed by atoms with Crippen LogP contribution in [0, 0.1) is 5.82 Å². The van der Waals surface area contributed by atoms with E-state index in [9.17, 15) is 9.50 Å². The maximum atomic E-state index is 13.5. The molecule has 0 aliphatic heterocycles. The van der Waals surface area contributed by atoms with E-state index in [4.69, 9.17) is 5.73 Å². The van der Waals surface area contributed by atoms with E-state index in [0.29, 0.717) is 11.3 Å². The van der Waals surface area contributed by atoms with Crippen LogP contribution in [0.1, 0.15) is 11.9 Å². The Bertz CT molecular complexity index is 519. The molecule has 0 radical (unpaired) electrons. The first kappa shape index (κ1) is 11.6. The highest BCUT2D eigenvalue weighted by Gasteiger charge is 2.11. The third-order valence-corrected chi connectivity index (χ3v) is 2.35. The van der Waals surface area contributed by atoms with Gasteiger partial charge < -0.3 is 10.8 Å². The fourth-order valence-corrected chi connectivity index (χ4v) is 1.46. The summed E-state index contributed by atoms with van der Waals surface area (Å²) in [6.45, 7) is 0.0285. The number of aromatic nitrogens is 2. The molecule has 0 aliphatic rings. The lowest BCUT2D eigenvalue weighted by molar-refractivity contribution is 0.176. The van der Waals surface area contributed by atoms with Gasteiger partial charge in [-0.3, -0.25) is 0 Å². The van der Waals surface area contributed by atoms with Crippen LogP contribution in [0.25, 0.3) is 11.3 Å². The molecule has 17 heavy (non-hydrogen) atoms. The van der Waals surface area contributed by atoms with Crippen LogP contribution in [0.4, 0.5) is 4.39 Å². The Labute approximate surface area is 98.0 Å². The Morgan fingerprint density at radius 2 is 2.06 bits per heavy atom. The van der Waals surface area contributed by atoms with E-state index in [2.05, 4.69) is 9.97 Å². The van der Waals surface area contributed by atoms with E-state index in [1.165, 1.54) is 12.3 Å². The fraction of sp³-hybridized carbons (Fsp3) is 0.167. The van der Waals surface area contributed by atoms with Crippen LogP contribution in [0.3, 0.4) is 0 Å². The number of rotatable bonds is 3. The number of hydrogen-bond donors (Lipinski definition) is 2. The summed E-state index contributed by atoms with van der Waals surface area (Å²) < 4.78 is 13.5. The van der Waals surface area contributed by atoms with Gasteiger partial charge in [0.05, 0.1) is 5.69 Å². The van der Waals surface area contributed by atoms with E-state index >= 15 is 0 Å². The van der Waals surface area contributed by atoms with E-state index < -0.39 is 6.10 Å². The lowest BCUT2D eigenvalue weighted by Crippen LogP contribution is -2.14. The molecule has 1 heterocycles. The lowest BCUT2D eigenvalue weighted by Gasteiger charge is -2.08. The molecule has 3 N–H and O–H groups in total. The number of aliphatic hydroxyl groups is 1. The molecule has 4 nitrogen and oxygen atoms in total. The lowest BCUT2D eigenvalue weighted by atomic mass is 10.1. The number of nitrogens with zero attached hydrogens (tertiary/aromatic N) is 2. The van der Waals surface area contributed by atoms with Crippen LogP contribution in [0.5, 0.6) is 0 Å². The summed E-state index contributed by atoms with van der Waals surface area (Å²) in [5, 5.41) is 9.53. The number of hydrogen-bond acceptors (Lipinski definition) is 4. The van der Waals surface area contributed by atoms with Crippen molar-refractivity contribution >= 4 is 0 Å². The summed E-state index contributed by atoms with van der Waals surface area (Å²) in [4.78, 5) is 8.00. The van der Waals surface area contributed by atoms with Crippen molar-refractivity contribution in [2.75, 3.05) is 6.54 Å². The smallest absolute Gasteiger partial charge is 0.158 e. The average Bonchev–Trinajstić information content (AvgIpc) is 2.38. The quantitative estimate of drug-likeness (QED) is 0.837. The van der Waals surface area contributed by atoms with Crippen molar-refractivity contribution in [3.05, 3.63) is 48.2 Å². The Morgan fingerprint density at radius 3 is 2.76 bits per heavy atom. The van der Waals surface area contributed by atoms with Crippen molar-refractivity contribution in [3.8, 4) is 11.3 Å². The van der Waals surface area contributed by atoms with Crippen LogP contribution < -0.4 is 5.73 Å². The molecule has 5 heteroatoms. The Balaban J connectivity index is 2.43. The maximum Gasteiger partial charge on any atom is 0.158 e. The summed E-state index contributed by atoms with van der Waals surface area (Å²) in [6, 6.07) is 7.90. The van der Waals surface area contributed by atoms with Gasteiger partial charge in [-0.2, -0.15) is 0 Å². The molecule has 0 fully saturated rings. The van der Waals surface area contributed by atoms with Crippen molar-refractivity contribution < 1.29 is 9.50 Å². The highest BCUT2D eigenvalue weighted by atomic mass is 19.1. The predicted molar refractivity (Wildman–Crippen MR) is 61.4 cm³/mol. The molecule has 1 aromatic heterocycles. The maximum absolute atomic E-state index is 13.5.